The molecular weight excluding hydrogens is 468 g/mol. The molecular formula is C26H24N2O6S. The van der Waals surface area contributed by atoms with Gasteiger partial charge in [-0.25, -0.2) is 5.01 Å². The van der Waals surface area contributed by atoms with Gasteiger partial charge in [0.25, 0.3) is 11.8 Å². The van der Waals surface area contributed by atoms with Crippen molar-refractivity contribution in [3.63, 3.8) is 0 Å². The number of hydrazine groups is 1. The molecule has 1 aliphatic heterocycles. The van der Waals surface area contributed by atoms with Crippen molar-refractivity contribution in [1.82, 2.24) is 10.4 Å². The van der Waals surface area contributed by atoms with E-state index in [2.05, 4.69) is 5.43 Å². The molecule has 0 aliphatic carbocycles. The molecule has 0 aromatic heterocycles. The van der Waals surface area contributed by atoms with E-state index >= 15 is 0 Å². The molecule has 1 heterocycles. The number of hydrogen-bond acceptors (Lipinski definition) is 7. The van der Waals surface area contributed by atoms with Crippen LogP contribution >= 0.6 is 11.8 Å². The summed E-state index contributed by atoms with van der Waals surface area (Å²) < 4.78 is 10.8. The Hall–Kier alpha value is -4.11. The lowest BCUT2D eigenvalue weighted by Gasteiger charge is -2.34. The van der Waals surface area contributed by atoms with E-state index in [0.29, 0.717) is 27.5 Å². The first kappa shape index (κ1) is 24.0. The fraction of sp³-hybridized carbons (Fsp3) is 0.154. The highest BCUT2D eigenvalue weighted by molar-refractivity contribution is 8.05. The predicted octanol–water partition coefficient (Wildman–Crippen LogP) is 4.25. The number of nitrogens with one attached hydrogen (secondary N) is 1. The molecule has 180 valence electrons. The van der Waals surface area contributed by atoms with E-state index in [1.807, 2.05) is 0 Å². The van der Waals surface area contributed by atoms with Crippen LogP contribution in [-0.2, 0) is 9.67 Å². The van der Waals surface area contributed by atoms with Crippen LogP contribution in [0.25, 0.3) is 6.08 Å². The van der Waals surface area contributed by atoms with E-state index in [1.54, 1.807) is 61.5 Å². The number of benzene rings is 3. The molecule has 1 saturated heterocycles. The fourth-order valence-corrected chi connectivity index (χ4v) is 4.95. The molecule has 1 aliphatic rings. The van der Waals surface area contributed by atoms with Gasteiger partial charge in [0.15, 0.2) is 0 Å². The Balaban J connectivity index is 1.81. The van der Waals surface area contributed by atoms with Crippen LogP contribution in [0.4, 0.5) is 0 Å². The molecule has 1 atom stereocenters. The van der Waals surface area contributed by atoms with Crippen molar-refractivity contribution in [1.29, 1.82) is 0 Å². The molecule has 1 fully saturated rings. The second-order valence-electron chi connectivity index (χ2n) is 7.85. The molecule has 0 bridgehead atoms. The second-order valence-corrected chi connectivity index (χ2v) is 9.29. The lowest BCUT2D eigenvalue weighted by Crippen LogP contribution is -2.51. The monoisotopic (exact) mass is 492 g/mol. The van der Waals surface area contributed by atoms with Crippen LogP contribution in [0.15, 0.2) is 71.6 Å². The third-order valence-corrected chi connectivity index (χ3v) is 6.95. The molecule has 2 amide bonds. The summed E-state index contributed by atoms with van der Waals surface area (Å²) in [4.78, 5) is 25.8. The number of ether oxygens (including phenoxy) is 2. The number of phenols is 2. The number of nitrogens with zero attached hydrogens (tertiary/aromatic N) is 1. The summed E-state index contributed by atoms with van der Waals surface area (Å²) in [5.41, 5.74) is 3.77. The molecule has 4 rings (SSSR count). The Morgan fingerprint density at radius 1 is 0.971 bits per heavy atom. The molecule has 35 heavy (non-hydrogen) atoms. The second kappa shape index (κ2) is 9.63. The van der Waals surface area contributed by atoms with Crippen molar-refractivity contribution in [3.05, 3.63) is 88.3 Å². The van der Waals surface area contributed by atoms with Gasteiger partial charge in [0.2, 0.25) is 0 Å². The normalized spacial score (nSPS) is 18.5. The molecule has 0 radical (unpaired) electrons. The van der Waals surface area contributed by atoms with E-state index in [9.17, 15) is 19.8 Å². The smallest absolute Gasteiger partial charge is 0.280 e. The summed E-state index contributed by atoms with van der Waals surface area (Å²) in [6.07, 6.45) is 1.57. The number of hydrogen-bond donors (Lipinski definition) is 3. The van der Waals surface area contributed by atoms with E-state index in [0.717, 1.165) is 0 Å². The van der Waals surface area contributed by atoms with Crippen molar-refractivity contribution in [2.24, 2.45) is 0 Å². The molecule has 1 unspecified atom stereocenters. The van der Waals surface area contributed by atoms with Gasteiger partial charge in [-0.1, -0.05) is 42.1 Å². The average molecular weight is 493 g/mol. The Labute approximate surface area is 206 Å². The number of rotatable bonds is 6. The topological polar surface area (TPSA) is 108 Å². The number of aromatic hydroxyl groups is 2. The number of carbonyl (C=O) groups is 2. The van der Waals surface area contributed by atoms with Gasteiger partial charge in [0.1, 0.15) is 27.9 Å². The third-order valence-electron chi connectivity index (χ3n) is 5.62. The van der Waals surface area contributed by atoms with Crippen LogP contribution in [0.2, 0.25) is 0 Å². The third kappa shape index (κ3) is 4.63. The SMILES string of the molecule is COc1cc(OC)cc(C2(C)S/C(=C/c3ccccc3O)C(=O)N2NC(=O)c2ccccc2O)c1. The first-order valence-corrected chi connectivity index (χ1v) is 11.4. The van der Waals surface area contributed by atoms with Crippen molar-refractivity contribution in [3.8, 4) is 23.0 Å². The van der Waals surface area contributed by atoms with E-state index in [1.165, 1.54) is 49.2 Å². The maximum atomic E-state index is 13.6. The standard InChI is InChI=1S/C26H24N2O6S/c1-26(17-13-18(33-2)15-19(14-17)34-3)28(27-24(31)20-9-5-7-11-22(20)30)25(32)23(35-26)12-16-8-4-6-10-21(16)29/h4-15,29-30H,1-3H3,(H,27,31)/b23-12+. The molecule has 0 spiro atoms. The van der Waals surface area contributed by atoms with Crippen LogP contribution in [0.1, 0.15) is 28.4 Å². The van der Waals surface area contributed by atoms with Crippen molar-refractivity contribution in [2.45, 2.75) is 11.8 Å². The lowest BCUT2D eigenvalue weighted by atomic mass is 10.1. The Morgan fingerprint density at radius 3 is 2.17 bits per heavy atom. The van der Waals surface area contributed by atoms with Crippen LogP contribution in [0.5, 0.6) is 23.0 Å². The number of para-hydroxylation sites is 2. The number of phenolic OH excluding ortho intramolecular Hbond substituents is 2. The highest BCUT2D eigenvalue weighted by Crippen LogP contribution is 2.51. The van der Waals surface area contributed by atoms with Gasteiger partial charge in [0, 0.05) is 11.6 Å². The number of carbonyl (C=O) groups excluding carboxylic acids is 2. The van der Waals surface area contributed by atoms with E-state index < -0.39 is 16.7 Å². The molecule has 3 aromatic rings. The number of thioether (sulfide) groups is 1. The minimum Gasteiger partial charge on any atom is -0.507 e. The maximum absolute atomic E-state index is 13.6. The van der Waals surface area contributed by atoms with Crippen LogP contribution in [0, 0.1) is 0 Å². The Bertz CT molecular complexity index is 1300. The van der Waals surface area contributed by atoms with Gasteiger partial charge in [-0.15, -0.1) is 0 Å². The summed E-state index contributed by atoms with van der Waals surface area (Å²) in [5.74, 6) is -0.292. The Morgan fingerprint density at radius 2 is 1.57 bits per heavy atom. The molecule has 3 aromatic carbocycles. The minimum absolute atomic E-state index is 0.0222. The zero-order chi connectivity index (χ0) is 25.2. The summed E-state index contributed by atoms with van der Waals surface area (Å²) in [5, 5.41) is 21.6. The highest BCUT2D eigenvalue weighted by atomic mass is 32.2. The van der Waals surface area contributed by atoms with Gasteiger partial charge < -0.3 is 19.7 Å². The van der Waals surface area contributed by atoms with Crippen LogP contribution in [0.3, 0.4) is 0 Å². The van der Waals surface area contributed by atoms with E-state index in [-0.39, 0.29) is 17.1 Å². The molecule has 3 N–H and O–H groups in total. The van der Waals surface area contributed by atoms with Crippen molar-refractivity contribution >= 4 is 29.7 Å². The molecule has 0 saturated carbocycles. The van der Waals surface area contributed by atoms with Gasteiger partial charge in [0.05, 0.1) is 24.7 Å². The molecule has 9 heteroatoms. The zero-order valence-corrected chi connectivity index (χ0v) is 20.1. The quantitative estimate of drug-likeness (QED) is 0.442. The van der Waals surface area contributed by atoms with Crippen LogP contribution < -0.4 is 14.9 Å². The summed E-state index contributed by atoms with van der Waals surface area (Å²) in [7, 11) is 3.05. The largest absolute Gasteiger partial charge is 0.507 e. The highest BCUT2D eigenvalue weighted by Gasteiger charge is 2.49. The first-order valence-electron chi connectivity index (χ1n) is 10.6. The van der Waals surface area contributed by atoms with E-state index in [4.69, 9.17) is 9.47 Å². The average Bonchev–Trinajstić information content (AvgIpc) is 3.10. The predicted molar refractivity (Wildman–Crippen MR) is 133 cm³/mol. The summed E-state index contributed by atoms with van der Waals surface area (Å²) in [6, 6.07) is 17.9. The number of amides is 2. The first-order chi connectivity index (χ1) is 16.8. The van der Waals surface area contributed by atoms with Crippen molar-refractivity contribution < 1.29 is 29.3 Å². The van der Waals surface area contributed by atoms with Crippen LogP contribution in [-0.4, -0.2) is 41.3 Å². The van der Waals surface area contributed by atoms with Gasteiger partial charge in [-0.05, 0) is 48.9 Å². The molecule has 8 nitrogen and oxygen atoms in total. The Kier molecular flexibility index (Phi) is 6.61. The summed E-state index contributed by atoms with van der Waals surface area (Å²) >= 11 is 1.20. The van der Waals surface area contributed by atoms with Crippen molar-refractivity contribution in [2.75, 3.05) is 14.2 Å². The zero-order valence-electron chi connectivity index (χ0n) is 19.3. The lowest BCUT2D eigenvalue weighted by molar-refractivity contribution is -0.131. The minimum atomic E-state index is -1.12. The van der Waals surface area contributed by atoms with Gasteiger partial charge in [-0.3, -0.25) is 15.0 Å². The van der Waals surface area contributed by atoms with Gasteiger partial charge in [-0.2, -0.15) is 0 Å². The number of methoxy groups -OCH3 is 2. The fourth-order valence-electron chi connectivity index (χ4n) is 3.70. The maximum Gasteiger partial charge on any atom is 0.280 e. The summed E-state index contributed by atoms with van der Waals surface area (Å²) in [6.45, 7) is 1.78. The van der Waals surface area contributed by atoms with Gasteiger partial charge >= 0.3 is 0 Å².